The molecule has 0 saturated heterocycles. The van der Waals surface area contributed by atoms with Gasteiger partial charge in [-0.1, -0.05) is 42.5 Å². The molecule has 6 nitrogen and oxygen atoms in total. The Morgan fingerprint density at radius 1 is 1.00 bits per heavy atom. The smallest absolute Gasteiger partial charge is 0.245 e. The van der Waals surface area contributed by atoms with Crippen molar-refractivity contribution in [3.63, 3.8) is 0 Å². The third-order valence-electron chi connectivity index (χ3n) is 4.80. The van der Waals surface area contributed by atoms with E-state index < -0.39 is 15.9 Å². The number of rotatable bonds is 6. The maximum atomic E-state index is 12.9. The van der Waals surface area contributed by atoms with Gasteiger partial charge in [0, 0.05) is 5.56 Å². The van der Waals surface area contributed by atoms with E-state index in [1.54, 1.807) is 18.2 Å². The zero-order valence-electron chi connectivity index (χ0n) is 17.1. The van der Waals surface area contributed by atoms with Gasteiger partial charge in [-0.15, -0.1) is 11.3 Å². The quantitative estimate of drug-likeness (QED) is 0.462. The fourth-order valence-electron chi connectivity index (χ4n) is 3.31. The minimum absolute atomic E-state index is 0.322. The first-order valence-electron chi connectivity index (χ1n) is 9.61. The lowest BCUT2D eigenvalue weighted by molar-refractivity contribution is -0.114. The van der Waals surface area contributed by atoms with Gasteiger partial charge in [0.15, 0.2) is 0 Å². The Kier molecular flexibility index (Phi) is 5.75. The highest BCUT2D eigenvalue weighted by atomic mass is 32.2. The summed E-state index contributed by atoms with van der Waals surface area (Å²) in [6, 6.07) is 22.3. The van der Waals surface area contributed by atoms with Crippen molar-refractivity contribution in [1.82, 2.24) is 4.98 Å². The van der Waals surface area contributed by atoms with Crippen molar-refractivity contribution in [3.8, 4) is 10.6 Å². The maximum Gasteiger partial charge on any atom is 0.245 e. The molecule has 158 valence electrons. The molecule has 0 spiro atoms. The van der Waals surface area contributed by atoms with Crippen molar-refractivity contribution >= 4 is 48.9 Å². The Morgan fingerprint density at radius 3 is 2.42 bits per heavy atom. The highest BCUT2D eigenvalue weighted by molar-refractivity contribution is 7.92. The van der Waals surface area contributed by atoms with Gasteiger partial charge >= 0.3 is 0 Å². The van der Waals surface area contributed by atoms with Crippen molar-refractivity contribution in [2.75, 3.05) is 22.4 Å². The predicted molar refractivity (Wildman–Crippen MR) is 127 cm³/mol. The third-order valence-corrected chi connectivity index (χ3v) is 6.99. The number of nitrogens with zero attached hydrogens (tertiary/aromatic N) is 2. The standard InChI is InChI=1S/C23H21N3O3S2/c1-16-9-3-7-13-20(16)26(31(2,28)29)15-22(27)24-18-11-5-4-10-17(18)23-25-19-12-6-8-14-21(19)30-23/h3-14H,15H2,1-2H3,(H,24,27). The van der Waals surface area contributed by atoms with Crippen LogP contribution in [0, 0.1) is 6.92 Å². The number of carbonyl (C=O) groups excluding carboxylic acids is 1. The number of thiazole rings is 1. The fourth-order valence-corrected chi connectivity index (χ4v) is 5.23. The SMILES string of the molecule is Cc1ccccc1N(CC(=O)Nc1ccccc1-c1nc2ccccc2s1)S(C)(=O)=O. The summed E-state index contributed by atoms with van der Waals surface area (Å²) in [6.45, 7) is 1.49. The molecule has 3 aromatic carbocycles. The van der Waals surface area contributed by atoms with Crippen LogP contribution in [0.2, 0.25) is 0 Å². The number of nitrogens with one attached hydrogen (secondary N) is 1. The number of hydrogen-bond acceptors (Lipinski definition) is 5. The molecule has 4 aromatic rings. The average Bonchev–Trinajstić information content (AvgIpc) is 3.16. The lowest BCUT2D eigenvalue weighted by Crippen LogP contribution is -2.37. The van der Waals surface area contributed by atoms with Gasteiger partial charge in [-0.2, -0.15) is 0 Å². The van der Waals surface area contributed by atoms with Crippen LogP contribution in [-0.2, 0) is 14.8 Å². The number of carbonyl (C=O) groups is 1. The molecule has 0 aliphatic heterocycles. The molecule has 4 rings (SSSR count). The molecule has 0 bridgehead atoms. The van der Waals surface area contributed by atoms with Crippen molar-refractivity contribution in [3.05, 3.63) is 78.4 Å². The molecule has 0 fully saturated rings. The molecule has 31 heavy (non-hydrogen) atoms. The van der Waals surface area contributed by atoms with Crippen molar-refractivity contribution in [2.45, 2.75) is 6.92 Å². The second-order valence-corrected chi connectivity index (χ2v) is 10.1. The first kappa shape index (κ1) is 21.0. The molecular formula is C23H21N3O3S2. The number of aromatic nitrogens is 1. The summed E-state index contributed by atoms with van der Waals surface area (Å²) in [5, 5.41) is 3.65. The number of anilines is 2. The Balaban J connectivity index is 1.62. The maximum absolute atomic E-state index is 12.9. The van der Waals surface area contributed by atoms with E-state index in [9.17, 15) is 13.2 Å². The molecule has 1 aromatic heterocycles. The van der Waals surface area contributed by atoms with E-state index in [1.807, 2.05) is 61.5 Å². The van der Waals surface area contributed by atoms with Crippen molar-refractivity contribution in [2.24, 2.45) is 0 Å². The van der Waals surface area contributed by atoms with E-state index in [-0.39, 0.29) is 6.54 Å². The minimum Gasteiger partial charge on any atom is -0.324 e. The first-order chi connectivity index (χ1) is 14.8. The van der Waals surface area contributed by atoms with Crippen LogP contribution in [0.1, 0.15) is 5.56 Å². The number of hydrogen-bond donors (Lipinski definition) is 1. The Hall–Kier alpha value is -3.23. The largest absolute Gasteiger partial charge is 0.324 e. The Bertz CT molecular complexity index is 1330. The summed E-state index contributed by atoms with van der Waals surface area (Å²) >= 11 is 1.54. The van der Waals surface area contributed by atoms with Crippen LogP contribution in [0.4, 0.5) is 11.4 Å². The zero-order chi connectivity index (χ0) is 22.0. The summed E-state index contributed by atoms with van der Waals surface area (Å²) < 4.78 is 27.0. The second kappa shape index (κ2) is 8.49. The number of aryl methyl sites for hydroxylation is 1. The predicted octanol–water partition coefficient (Wildman–Crippen LogP) is 4.68. The van der Waals surface area contributed by atoms with Crippen LogP contribution in [0.25, 0.3) is 20.8 Å². The number of sulfonamides is 1. The molecule has 1 amide bonds. The lowest BCUT2D eigenvalue weighted by Gasteiger charge is -2.23. The van der Waals surface area contributed by atoms with Gasteiger partial charge in [0.25, 0.3) is 0 Å². The number of amides is 1. The van der Waals surface area contributed by atoms with Crippen LogP contribution in [0.15, 0.2) is 72.8 Å². The van der Waals surface area contributed by atoms with Crippen LogP contribution in [0.3, 0.4) is 0 Å². The lowest BCUT2D eigenvalue weighted by atomic mass is 10.2. The minimum atomic E-state index is -3.65. The first-order valence-corrected chi connectivity index (χ1v) is 12.3. The molecule has 0 saturated carbocycles. The molecule has 8 heteroatoms. The number of fused-ring (bicyclic) bond motifs is 1. The molecule has 0 unspecified atom stereocenters. The molecule has 0 atom stereocenters. The fraction of sp³-hybridized carbons (Fsp3) is 0.130. The van der Waals surface area contributed by atoms with E-state index in [0.29, 0.717) is 11.4 Å². The Morgan fingerprint density at radius 2 is 1.68 bits per heavy atom. The van der Waals surface area contributed by atoms with Crippen LogP contribution in [-0.4, -0.2) is 32.1 Å². The van der Waals surface area contributed by atoms with Gasteiger partial charge in [0.1, 0.15) is 11.6 Å². The summed E-state index contributed by atoms with van der Waals surface area (Å²) in [4.78, 5) is 17.5. The van der Waals surface area contributed by atoms with Gasteiger partial charge < -0.3 is 5.32 Å². The number of benzene rings is 3. The summed E-state index contributed by atoms with van der Waals surface area (Å²) in [6.07, 6.45) is 1.10. The highest BCUT2D eigenvalue weighted by Gasteiger charge is 2.23. The molecule has 1 N–H and O–H groups in total. The normalized spacial score (nSPS) is 11.4. The summed E-state index contributed by atoms with van der Waals surface area (Å²) in [7, 11) is -3.65. The molecule has 1 heterocycles. The summed E-state index contributed by atoms with van der Waals surface area (Å²) in [5.74, 6) is -0.428. The van der Waals surface area contributed by atoms with Gasteiger partial charge in [-0.05, 0) is 42.8 Å². The monoisotopic (exact) mass is 451 g/mol. The van der Waals surface area contributed by atoms with Crippen molar-refractivity contribution < 1.29 is 13.2 Å². The van der Waals surface area contributed by atoms with E-state index in [4.69, 9.17) is 0 Å². The number of para-hydroxylation sites is 3. The van der Waals surface area contributed by atoms with Crippen LogP contribution < -0.4 is 9.62 Å². The van der Waals surface area contributed by atoms with Crippen LogP contribution in [0.5, 0.6) is 0 Å². The van der Waals surface area contributed by atoms with E-state index >= 15 is 0 Å². The highest BCUT2D eigenvalue weighted by Crippen LogP contribution is 2.34. The second-order valence-electron chi connectivity index (χ2n) is 7.14. The van der Waals surface area contributed by atoms with Crippen molar-refractivity contribution in [1.29, 1.82) is 0 Å². The molecular weight excluding hydrogens is 430 g/mol. The van der Waals surface area contributed by atoms with Crippen LogP contribution >= 0.6 is 11.3 Å². The van der Waals surface area contributed by atoms with E-state index in [0.717, 1.165) is 36.9 Å². The topological polar surface area (TPSA) is 79.4 Å². The zero-order valence-corrected chi connectivity index (χ0v) is 18.7. The third kappa shape index (κ3) is 4.60. The average molecular weight is 452 g/mol. The van der Waals surface area contributed by atoms with Gasteiger partial charge in [-0.3, -0.25) is 9.10 Å². The van der Waals surface area contributed by atoms with E-state index in [2.05, 4.69) is 10.3 Å². The molecule has 0 aliphatic rings. The van der Waals surface area contributed by atoms with E-state index in [1.165, 1.54) is 11.3 Å². The van der Waals surface area contributed by atoms with Gasteiger partial charge in [-0.25, -0.2) is 13.4 Å². The molecule has 0 radical (unpaired) electrons. The van der Waals surface area contributed by atoms with Gasteiger partial charge in [0.05, 0.1) is 27.8 Å². The Labute approximate surface area is 185 Å². The summed E-state index contributed by atoms with van der Waals surface area (Å²) in [5.41, 5.74) is 3.53. The van der Waals surface area contributed by atoms with Gasteiger partial charge in [0.2, 0.25) is 15.9 Å². The molecule has 0 aliphatic carbocycles.